The van der Waals surface area contributed by atoms with Crippen LogP contribution in [0.15, 0.2) is 23.7 Å². The summed E-state index contributed by atoms with van der Waals surface area (Å²) in [5.41, 5.74) is -0.0295. The number of aromatic nitrogens is 2. The minimum Gasteiger partial charge on any atom is -0.373 e. The number of pyridine rings is 1. The van der Waals surface area contributed by atoms with Gasteiger partial charge in [-0.15, -0.1) is 11.3 Å². The Morgan fingerprint density at radius 2 is 2.32 bits per heavy atom. The summed E-state index contributed by atoms with van der Waals surface area (Å²) in [5, 5.41) is 19.6. The van der Waals surface area contributed by atoms with Crippen molar-refractivity contribution in [3.63, 3.8) is 0 Å². The third-order valence-corrected chi connectivity index (χ3v) is 3.28. The number of nitrogens with one attached hydrogen (secondary N) is 2. The summed E-state index contributed by atoms with van der Waals surface area (Å²) >= 11 is 1.56. The van der Waals surface area contributed by atoms with Gasteiger partial charge in [-0.25, -0.2) is 9.97 Å². The lowest BCUT2D eigenvalue weighted by atomic mass is 10.3. The predicted octanol–water partition coefficient (Wildman–Crippen LogP) is 2.14. The second kappa shape index (κ2) is 6.10. The Labute approximate surface area is 113 Å². The van der Waals surface area contributed by atoms with Gasteiger partial charge in [-0.3, -0.25) is 10.1 Å². The zero-order valence-electron chi connectivity index (χ0n) is 10.3. The molecule has 7 nitrogen and oxygen atoms in total. The Kier molecular flexibility index (Phi) is 4.24. The van der Waals surface area contributed by atoms with Crippen molar-refractivity contribution in [3.8, 4) is 0 Å². The van der Waals surface area contributed by atoms with Crippen molar-refractivity contribution >= 4 is 28.7 Å². The maximum Gasteiger partial charge on any atom is 0.311 e. The fraction of sp³-hybridized carbons (Fsp3) is 0.273. The van der Waals surface area contributed by atoms with Crippen LogP contribution in [0.5, 0.6) is 0 Å². The molecular weight excluding hydrogens is 266 g/mol. The van der Waals surface area contributed by atoms with Gasteiger partial charge in [-0.2, -0.15) is 0 Å². The normalized spacial score (nSPS) is 10.2. The number of anilines is 2. The lowest BCUT2D eigenvalue weighted by Gasteiger charge is -2.07. The molecule has 0 aliphatic heterocycles. The van der Waals surface area contributed by atoms with E-state index in [9.17, 15) is 10.1 Å². The molecule has 2 aromatic heterocycles. The molecule has 0 aromatic carbocycles. The third-order valence-electron chi connectivity index (χ3n) is 2.44. The van der Waals surface area contributed by atoms with Gasteiger partial charge in [0.2, 0.25) is 5.82 Å². The van der Waals surface area contributed by atoms with Crippen LogP contribution in [0.25, 0.3) is 0 Å². The smallest absolute Gasteiger partial charge is 0.311 e. The molecule has 0 spiro atoms. The number of nitrogens with zero attached hydrogens (tertiary/aromatic N) is 3. The minimum atomic E-state index is -0.446. The molecule has 0 aliphatic rings. The highest BCUT2D eigenvalue weighted by molar-refractivity contribution is 7.09. The van der Waals surface area contributed by atoms with E-state index in [1.807, 2.05) is 5.38 Å². The van der Waals surface area contributed by atoms with Gasteiger partial charge < -0.3 is 10.6 Å². The Morgan fingerprint density at radius 3 is 2.95 bits per heavy atom. The van der Waals surface area contributed by atoms with Gasteiger partial charge in [0.25, 0.3) is 0 Å². The fourth-order valence-electron chi connectivity index (χ4n) is 1.53. The van der Waals surface area contributed by atoms with Crippen molar-refractivity contribution in [1.82, 2.24) is 9.97 Å². The van der Waals surface area contributed by atoms with Gasteiger partial charge in [0.05, 0.1) is 9.93 Å². The van der Waals surface area contributed by atoms with Crippen LogP contribution in [0, 0.1) is 10.1 Å². The number of rotatable bonds is 6. The zero-order chi connectivity index (χ0) is 13.7. The molecule has 0 bridgehead atoms. The minimum absolute atomic E-state index is 0.0295. The number of thiazole rings is 1. The summed E-state index contributed by atoms with van der Waals surface area (Å²) in [7, 11) is 1.72. The molecule has 0 saturated carbocycles. The number of hydrogen-bond acceptors (Lipinski definition) is 7. The highest BCUT2D eigenvalue weighted by Gasteiger charge is 2.15. The van der Waals surface area contributed by atoms with Crippen LogP contribution in [0.2, 0.25) is 0 Å². The van der Waals surface area contributed by atoms with Crippen LogP contribution in [-0.2, 0) is 6.42 Å². The van der Waals surface area contributed by atoms with Crippen molar-refractivity contribution in [3.05, 3.63) is 38.8 Å². The molecule has 0 fully saturated rings. The van der Waals surface area contributed by atoms with Gasteiger partial charge >= 0.3 is 5.69 Å². The zero-order valence-corrected chi connectivity index (χ0v) is 11.1. The van der Waals surface area contributed by atoms with E-state index in [4.69, 9.17) is 0 Å². The van der Waals surface area contributed by atoms with E-state index >= 15 is 0 Å². The highest BCUT2D eigenvalue weighted by atomic mass is 32.1. The molecule has 0 atom stereocenters. The summed E-state index contributed by atoms with van der Waals surface area (Å²) < 4.78 is 0. The number of nitro groups is 1. The Balaban J connectivity index is 2.06. The van der Waals surface area contributed by atoms with E-state index in [1.54, 1.807) is 30.6 Å². The van der Waals surface area contributed by atoms with E-state index in [0.29, 0.717) is 18.8 Å². The summed E-state index contributed by atoms with van der Waals surface area (Å²) in [6, 6.07) is 3.01. The first-order chi connectivity index (χ1) is 9.20. The van der Waals surface area contributed by atoms with E-state index in [-0.39, 0.29) is 11.5 Å². The lowest BCUT2D eigenvalue weighted by Crippen LogP contribution is -2.09. The van der Waals surface area contributed by atoms with Gasteiger partial charge in [0.15, 0.2) is 0 Å². The van der Waals surface area contributed by atoms with E-state index in [1.165, 1.54) is 6.07 Å². The summed E-state index contributed by atoms with van der Waals surface area (Å²) in [6.45, 7) is 0.550. The second-order valence-corrected chi connectivity index (χ2v) is 4.65. The van der Waals surface area contributed by atoms with Crippen molar-refractivity contribution in [2.75, 3.05) is 24.2 Å². The predicted molar refractivity (Wildman–Crippen MR) is 74.7 cm³/mol. The topological polar surface area (TPSA) is 93.0 Å². The maximum atomic E-state index is 10.9. The van der Waals surface area contributed by atoms with Crippen LogP contribution >= 0.6 is 11.3 Å². The van der Waals surface area contributed by atoms with Crippen molar-refractivity contribution in [2.24, 2.45) is 0 Å². The van der Waals surface area contributed by atoms with Crippen LogP contribution in [0.4, 0.5) is 17.3 Å². The van der Waals surface area contributed by atoms with Gasteiger partial charge in [0.1, 0.15) is 5.82 Å². The molecule has 0 aliphatic carbocycles. The van der Waals surface area contributed by atoms with E-state index < -0.39 is 4.92 Å². The largest absolute Gasteiger partial charge is 0.373 e. The van der Waals surface area contributed by atoms with Crippen LogP contribution < -0.4 is 10.6 Å². The Morgan fingerprint density at radius 1 is 1.47 bits per heavy atom. The second-order valence-electron chi connectivity index (χ2n) is 3.67. The van der Waals surface area contributed by atoms with Gasteiger partial charge in [-0.05, 0) is 6.07 Å². The van der Waals surface area contributed by atoms with Crippen LogP contribution in [-0.4, -0.2) is 28.5 Å². The molecule has 0 amide bonds. The quantitative estimate of drug-likeness (QED) is 0.621. The summed E-state index contributed by atoms with van der Waals surface area (Å²) in [5.74, 6) is 0.857. The van der Waals surface area contributed by atoms with Gasteiger partial charge in [0, 0.05) is 37.7 Å². The van der Waals surface area contributed by atoms with Gasteiger partial charge in [-0.1, -0.05) is 0 Å². The third kappa shape index (κ3) is 3.38. The first-order valence-electron chi connectivity index (χ1n) is 5.66. The molecule has 8 heteroatoms. The monoisotopic (exact) mass is 279 g/mol. The van der Waals surface area contributed by atoms with Crippen molar-refractivity contribution in [1.29, 1.82) is 0 Å². The molecule has 2 rings (SSSR count). The molecule has 0 saturated heterocycles. The highest BCUT2D eigenvalue weighted by Crippen LogP contribution is 2.23. The average molecular weight is 279 g/mol. The molecule has 0 unspecified atom stereocenters. The first-order valence-corrected chi connectivity index (χ1v) is 6.54. The molecule has 2 aromatic rings. The summed E-state index contributed by atoms with van der Waals surface area (Å²) in [6.07, 6.45) is 2.45. The number of hydrogen-bond donors (Lipinski definition) is 2. The molecule has 2 N–H and O–H groups in total. The molecule has 2 heterocycles. The molecular formula is C11H13N5O2S. The molecule has 100 valence electrons. The molecule has 0 radical (unpaired) electrons. The van der Waals surface area contributed by atoms with Crippen LogP contribution in [0.1, 0.15) is 5.01 Å². The average Bonchev–Trinajstić information content (AvgIpc) is 2.91. The van der Waals surface area contributed by atoms with Crippen molar-refractivity contribution < 1.29 is 4.92 Å². The SMILES string of the molecule is CNc1ccc([N+](=O)[O-])c(NCCc2nccs2)n1. The standard InChI is InChI=1S/C11H13N5O2S/c1-12-9-3-2-8(16(17)18)11(15-9)14-5-4-10-13-6-7-19-10/h2-3,6-7H,4-5H2,1H3,(H2,12,14,15). The Hall–Kier alpha value is -2.22. The Bertz CT molecular complexity index is 558. The first kappa shape index (κ1) is 13.2. The van der Waals surface area contributed by atoms with E-state index in [0.717, 1.165) is 5.01 Å². The fourth-order valence-corrected chi connectivity index (χ4v) is 2.15. The maximum absolute atomic E-state index is 10.9. The van der Waals surface area contributed by atoms with Crippen molar-refractivity contribution in [2.45, 2.75) is 6.42 Å². The lowest BCUT2D eigenvalue weighted by molar-refractivity contribution is -0.384. The van der Waals surface area contributed by atoms with E-state index in [2.05, 4.69) is 20.6 Å². The summed E-state index contributed by atoms with van der Waals surface area (Å²) in [4.78, 5) is 18.8. The molecule has 19 heavy (non-hydrogen) atoms. The van der Waals surface area contributed by atoms with Crippen LogP contribution in [0.3, 0.4) is 0 Å².